The second kappa shape index (κ2) is 7.01. The van der Waals surface area contributed by atoms with Gasteiger partial charge in [-0.1, -0.05) is 12.1 Å². The third kappa shape index (κ3) is 5.19. The van der Waals surface area contributed by atoms with Crippen LogP contribution in [0.25, 0.3) is 0 Å². The first-order chi connectivity index (χ1) is 10.8. The van der Waals surface area contributed by atoms with Gasteiger partial charge < -0.3 is 5.32 Å². The van der Waals surface area contributed by atoms with Crippen molar-refractivity contribution in [2.75, 3.05) is 11.6 Å². The summed E-state index contributed by atoms with van der Waals surface area (Å²) < 4.78 is 35.4. The Bertz CT molecular complexity index is 816. The maximum absolute atomic E-state index is 12.7. The molecule has 0 heterocycles. The topological polar surface area (TPSA) is 87.6 Å². The van der Waals surface area contributed by atoms with Crippen molar-refractivity contribution < 1.29 is 17.6 Å². The predicted octanol–water partition coefficient (Wildman–Crippen LogP) is 2.38. The lowest BCUT2D eigenvalue weighted by molar-refractivity contribution is 0.252. The molecule has 2 amide bonds. The van der Waals surface area contributed by atoms with E-state index < -0.39 is 15.9 Å². The minimum atomic E-state index is -3.27. The van der Waals surface area contributed by atoms with Crippen LogP contribution < -0.4 is 10.7 Å². The van der Waals surface area contributed by atoms with Gasteiger partial charge in [0, 0.05) is 11.9 Å². The van der Waals surface area contributed by atoms with E-state index in [2.05, 4.69) is 15.8 Å². The van der Waals surface area contributed by atoms with E-state index in [1.165, 1.54) is 54.7 Å². The average Bonchev–Trinajstić information content (AvgIpc) is 2.49. The first-order valence-electron chi connectivity index (χ1n) is 6.50. The van der Waals surface area contributed by atoms with E-state index in [9.17, 15) is 17.6 Å². The fraction of sp³-hybridized carbons (Fsp3) is 0.0667. The number of halogens is 1. The van der Waals surface area contributed by atoms with Crippen molar-refractivity contribution in [2.45, 2.75) is 4.90 Å². The fourth-order valence-corrected chi connectivity index (χ4v) is 2.29. The van der Waals surface area contributed by atoms with E-state index in [4.69, 9.17) is 0 Å². The fourth-order valence-electron chi connectivity index (χ4n) is 1.66. The number of hydrogen-bond acceptors (Lipinski definition) is 4. The summed E-state index contributed by atoms with van der Waals surface area (Å²) in [5.41, 5.74) is 3.30. The molecule has 0 saturated carbocycles. The molecule has 0 aliphatic heterocycles. The molecule has 2 rings (SSSR count). The maximum atomic E-state index is 12.7. The first kappa shape index (κ1) is 16.6. The molecule has 0 radical (unpaired) electrons. The zero-order valence-corrected chi connectivity index (χ0v) is 13.0. The SMILES string of the molecule is CS(=O)(=O)c1ccc(NC(=O)N/N=C\c2ccc(F)cc2)cc1. The summed E-state index contributed by atoms with van der Waals surface area (Å²) in [6.45, 7) is 0. The van der Waals surface area contributed by atoms with Gasteiger partial charge in [-0.2, -0.15) is 5.10 Å². The van der Waals surface area contributed by atoms with Crippen LogP contribution in [0.4, 0.5) is 14.9 Å². The Morgan fingerprint density at radius 3 is 2.26 bits per heavy atom. The number of sulfone groups is 1. The number of carbonyl (C=O) groups excluding carboxylic acids is 1. The molecular weight excluding hydrogens is 321 g/mol. The summed E-state index contributed by atoms with van der Waals surface area (Å²) in [4.78, 5) is 11.8. The van der Waals surface area contributed by atoms with Crippen LogP contribution in [0.5, 0.6) is 0 Å². The quantitative estimate of drug-likeness (QED) is 0.664. The van der Waals surface area contributed by atoms with E-state index >= 15 is 0 Å². The number of carbonyl (C=O) groups is 1. The largest absolute Gasteiger partial charge is 0.339 e. The Balaban J connectivity index is 1.91. The highest BCUT2D eigenvalue weighted by Crippen LogP contribution is 2.13. The molecule has 2 N–H and O–H groups in total. The van der Waals surface area contributed by atoms with Crippen LogP contribution in [-0.2, 0) is 9.84 Å². The molecule has 0 aliphatic rings. The van der Waals surface area contributed by atoms with Gasteiger partial charge in [0.15, 0.2) is 9.84 Å². The monoisotopic (exact) mass is 335 g/mol. The van der Waals surface area contributed by atoms with Crippen LogP contribution >= 0.6 is 0 Å². The summed E-state index contributed by atoms with van der Waals surface area (Å²) in [6, 6.07) is 10.7. The van der Waals surface area contributed by atoms with Gasteiger partial charge in [0.05, 0.1) is 11.1 Å². The van der Waals surface area contributed by atoms with Gasteiger partial charge in [0.2, 0.25) is 0 Å². The Morgan fingerprint density at radius 2 is 1.70 bits per heavy atom. The van der Waals surface area contributed by atoms with Crippen molar-refractivity contribution in [1.82, 2.24) is 5.43 Å². The minimum absolute atomic E-state index is 0.165. The number of hydrazone groups is 1. The lowest BCUT2D eigenvalue weighted by atomic mass is 10.2. The van der Waals surface area contributed by atoms with E-state index in [1.54, 1.807) is 0 Å². The zero-order valence-electron chi connectivity index (χ0n) is 12.2. The molecule has 0 fully saturated rings. The van der Waals surface area contributed by atoms with Gasteiger partial charge in [-0.15, -0.1) is 0 Å². The molecule has 2 aromatic rings. The summed E-state index contributed by atoms with van der Waals surface area (Å²) in [5, 5.41) is 6.22. The molecule has 0 atom stereocenters. The Morgan fingerprint density at radius 1 is 1.09 bits per heavy atom. The molecule has 120 valence electrons. The molecule has 6 nitrogen and oxygen atoms in total. The van der Waals surface area contributed by atoms with Crippen molar-refractivity contribution in [3.63, 3.8) is 0 Å². The van der Waals surface area contributed by atoms with E-state index in [-0.39, 0.29) is 10.7 Å². The van der Waals surface area contributed by atoms with Crippen LogP contribution in [0, 0.1) is 5.82 Å². The Labute approximate surface area is 133 Å². The molecule has 0 unspecified atom stereocenters. The van der Waals surface area contributed by atoms with Gasteiger partial charge in [-0.25, -0.2) is 23.0 Å². The predicted molar refractivity (Wildman–Crippen MR) is 85.7 cm³/mol. The standard InChI is InChI=1S/C15H14FN3O3S/c1-23(21,22)14-8-6-13(7-9-14)18-15(20)19-17-10-11-2-4-12(16)5-3-11/h2-10H,1H3,(H2,18,19,20)/b17-10-. The average molecular weight is 335 g/mol. The zero-order chi connectivity index (χ0) is 16.9. The molecular formula is C15H14FN3O3S. The van der Waals surface area contributed by atoms with Crippen LogP contribution in [-0.4, -0.2) is 26.9 Å². The molecule has 0 aliphatic carbocycles. The van der Waals surface area contributed by atoms with E-state index in [0.717, 1.165) is 6.26 Å². The number of nitrogens with zero attached hydrogens (tertiary/aromatic N) is 1. The third-order valence-corrected chi connectivity index (χ3v) is 3.92. The number of anilines is 1. The number of urea groups is 1. The van der Waals surface area contributed by atoms with Gasteiger partial charge in [0.1, 0.15) is 5.82 Å². The Hall–Kier alpha value is -2.74. The second-order valence-electron chi connectivity index (χ2n) is 4.67. The lowest BCUT2D eigenvalue weighted by Gasteiger charge is -2.05. The summed E-state index contributed by atoms with van der Waals surface area (Å²) >= 11 is 0. The van der Waals surface area contributed by atoms with Crippen molar-refractivity contribution in [3.05, 3.63) is 59.9 Å². The minimum Gasteiger partial charge on any atom is -0.307 e. The van der Waals surface area contributed by atoms with Gasteiger partial charge in [0.25, 0.3) is 0 Å². The molecule has 0 spiro atoms. The highest BCUT2D eigenvalue weighted by atomic mass is 32.2. The third-order valence-electron chi connectivity index (χ3n) is 2.79. The molecule has 0 saturated heterocycles. The smallest absolute Gasteiger partial charge is 0.307 e. The summed E-state index contributed by atoms with van der Waals surface area (Å²) in [6.07, 6.45) is 2.47. The van der Waals surface area contributed by atoms with Crippen LogP contribution in [0.1, 0.15) is 5.56 Å². The normalized spacial score (nSPS) is 11.4. The number of rotatable bonds is 4. The highest BCUT2D eigenvalue weighted by Gasteiger charge is 2.07. The molecule has 2 aromatic carbocycles. The molecule has 8 heteroatoms. The molecule has 0 bridgehead atoms. The van der Waals surface area contributed by atoms with Gasteiger partial charge in [-0.05, 0) is 42.0 Å². The van der Waals surface area contributed by atoms with Crippen LogP contribution in [0.15, 0.2) is 58.5 Å². The van der Waals surface area contributed by atoms with Crippen molar-refractivity contribution in [2.24, 2.45) is 5.10 Å². The Kier molecular flexibility index (Phi) is 5.07. The van der Waals surface area contributed by atoms with Gasteiger partial charge >= 0.3 is 6.03 Å². The van der Waals surface area contributed by atoms with Crippen molar-refractivity contribution >= 4 is 27.8 Å². The number of amides is 2. The van der Waals surface area contributed by atoms with E-state index in [1.807, 2.05) is 0 Å². The molecule has 23 heavy (non-hydrogen) atoms. The van der Waals surface area contributed by atoms with Crippen LogP contribution in [0.3, 0.4) is 0 Å². The molecule has 0 aromatic heterocycles. The number of benzene rings is 2. The van der Waals surface area contributed by atoms with Crippen LogP contribution in [0.2, 0.25) is 0 Å². The van der Waals surface area contributed by atoms with Crippen molar-refractivity contribution in [3.8, 4) is 0 Å². The van der Waals surface area contributed by atoms with E-state index in [0.29, 0.717) is 11.3 Å². The summed E-state index contributed by atoms with van der Waals surface area (Å²) in [7, 11) is -3.27. The second-order valence-corrected chi connectivity index (χ2v) is 6.69. The highest BCUT2D eigenvalue weighted by molar-refractivity contribution is 7.90. The summed E-state index contributed by atoms with van der Waals surface area (Å²) in [5.74, 6) is -0.356. The first-order valence-corrected chi connectivity index (χ1v) is 8.39. The lowest BCUT2D eigenvalue weighted by Crippen LogP contribution is -2.24. The maximum Gasteiger partial charge on any atom is 0.339 e. The number of hydrogen-bond donors (Lipinski definition) is 2. The van der Waals surface area contributed by atoms with Crippen molar-refractivity contribution in [1.29, 1.82) is 0 Å². The number of nitrogens with one attached hydrogen (secondary N) is 2. The van der Waals surface area contributed by atoms with Gasteiger partial charge in [-0.3, -0.25) is 0 Å².